The maximum Gasteiger partial charge on any atom is 0.350 e. The van der Waals surface area contributed by atoms with Crippen LogP contribution in [0.3, 0.4) is 0 Å². The zero-order chi connectivity index (χ0) is 22.7. The highest BCUT2D eigenvalue weighted by molar-refractivity contribution is 14.2. The predicted octanol–water partition coefficient (Wildman–Crippen LogP) is 6.10. The second-order valence-electron chi connectivity index (χ2n) is 7.08. The maximum absolute atomic E-state index is 14.1. The summed E-state index contributed by atoms with van der Waals surface area (Å²) >= 11 is 3.16. The van der Waals surface area contributed by atoms with Crippen molar-refractivity contribution in [3.05, 3.63) is 77.6 Å². The van der Waals surface area contributed by atoms with Gasteiger partial charge in [-0.25, -0.2) is 9.97 Å². The molecular weight excluding hydrogens is 635 g/mol. The number of aromatic nitrogens is 2. The molecule has 1 aromatic heterocycles. The number of anilines is 2. The van der Waals surface area contributed by atoms with E-state index in [2.05, 4.69) is 15.6 Å². The van der Waals surface area contributed by atoms with Gasteiger partial charge in [-0.1, -0.05) is 42.5 Å². The van der Waals surface area contributed by atoms with Gasteiger partial charge in [-0.15, -0.1) is 0 Å². The molecular formula is C23H20FI2N5O. The second kappa shape index (κ2) is 9.69. The molecule has 1 heterocycles. The molecule has 4 rings (SSSR count). The summed E-state index contributed by atoms with van der Waals surface area (Å²) in [5.41, 5.74) is 5.37. The highest BCUT2D eigenvalue weighted by Gasteiger charge is 2.26. The van der Waals surface area contributed by atoms with Gasteiger partial charge in [-0.05, 0) is 36.1 Å². The van der Waals surface area contributed by atoms with Gasteiger partial charge in [0, 0.05) is 69.7 Å². The van der Waals surface area contributed by atoms with Gasteiger partial charge in [-0.3, -0.25) is 0 Å². The number of allylic oxidation sites excluding steroid dienone is 1. The molecule has 2 aromatic carbocycles. The van der Waals surface area contributed by atoms with Crippen molar-refractivity contribution in [2.75, 3.05) is 12.4 Å². The Hall–Kier alpha value is -2.28. The number of fused-ring (bicyclic) bond motifs is 1. The molecule has 0 amide bonds. The zero-order valence-corrected chi connectivity index (χ0v) is 21.4. The molecule has 6 nitrogen and oxygen atoms in total. The lowest BCUT2D eigenvalue weighted by Crippen LogP contribution is -2.20. The van der Waals surface area contributed by atoms with E-state index < -0.39 is 1.87 Å². The molecule has 3 aromatic rings. The molecule has 9 heteroatoms. The first kappa shape index (κ1) is 22.9. The zero-order valence-electron chi connectivity index (χ0n) is 17.1. The summed E-state index contributed by atoms with van der Waals surface area (Å²) < 4.78 is 17.6. The fourth-order valence-corrected chi connectivity index (χ4v) is 4.06. The Labute approximate surface area is 212 Å². The summed E-state index contributed by atoms with van der Waals surface area (Å²) in [6.45, 7) is 0. The topological polar surface area (TPSA) is 82.9 Å². The summed E-state index contributed by atoms with van der Waals surface area (Å²) in [5.74, 6) is 0.700. The van der Waals surface area contributed by atoms with Crippen LogP contribution in [0.15, 0.2) is 60.8 Å². The first-order valence-electron chi connectivity index (χ1n) is 9.89. The van der Waals surface area contributed by atoms with E-state index >= 15 is 0 Å². The van der Waals surface area contributed by atoms with Crippen molar-refractivity contribution in [1.29, 1.82) is 5.41 Å². The normalized spacial score (nSPS) is 15.1. The van der Waals surface area contributed by atoms with Crippen molar-refractivity contribution in [3.63, 3.8) is 0 Å². The predicted molar refractivity (Wildman–Crippen MR) is 143 cm³/mol. The molecule has 0 fully saturated rings. The molecule has 32 heavy (non-hydrogen) atoms. The van der Waals surface area contributed by atoms with Crippen LogP contribution in [0, 0.1) is 5.41 Å². The maximum atomic E-state index is 14.1. The summed E-state index contributed by atoms with van der Waals surface area (Å²) in [5, 5.41) is 15.0. The van der Waals surface area contributed by atoms with Crippen molar-refractivity contribution < 1.29 is 9.13 Å². The van der Waals surface area contributed by atoms with Gasteiger partial charge < -0.3 is 20.8 Å². The molecule has 3 N–H and O–H groups in total. The molecule has 0 unspecified atom stereocenters. The van der Waals surface area contributed by atoms with Crippen molar-refractivity contribution >= 4 is 73.8 Å². The van der Waals surface area contributed by atoms with Gasteiger partial charge in [0.1, 0.15) is 5.75 Å². The van der Waals surface area contributed by atoms with Crippen LogP contribution in [-0.2, 0) is 6.42 Å². The Kier molecular flexibility index (Phi) is 6.93. The Bertz CT molecular complexity index is 1180. The van der Waals surface area contributed by atoms with Crippen molar-refractivity contribution in [2.24, 2.45) is 0 Å². The number of ether oxygens (including phenoxy) is 1. The van der Waals surface area contributed by atoms with Crippen molar-refractivity contribution in [2.45, 2.75) is 14.7 Å². The molecule has 1 aliphatic rings. The number of halogens is 3. The van der Waals surface area contributed by atoms with E-state index in [1.807, 2.05) is 43.4 Å². The number of aryl methyl sites for hydroxylation is 1. The highest BCUT2D eigenvalue weighted by atomic mass is 127. The Morgan fingerprint density at radius 3 is 2.53 bits per heavy atom. The third kappa shape index (κ3) is 5.20. The molecule has 0 saturated heterocycles. The third-order valence-corrected chi connectivity index (χ3v) is 5.41. The number of benzene rings is 2. The Balaban J connectivity index is 1.77. The summed E-state index contributed by atoms with van der Waals surface area (Å²) in [4.78, 5) is 9.21. The van der Waals surface area contributed by atoms with Gasteiger partial charge >= 0.3 is 1.87 Å². The van der Waals surface area contributed by atoms with Crippen molar-refractivity contribution in [3.8, 4) is 5.75 Å². The van der Waals surface area contributed by atoms with E-state index in [1.54, 1.807) is 69.6 Å². The van der Waals surface area contributed by atoms with Crippen LogP contribution in [0.2, 0.25) is 0 Å². The second-order valence-corrected chi connectivity index (χ2v) is 11.9. The van der Waals surface area contributed by atoms with Crippen LogP contribution in [-0.4, -0.2) is 24.6 Å². The van der Waals surface area contributed by atoms with E-state index in [4.69, 9.17) is 15.1 Å². The minimum Gasteiger partial charge on any atom is -0.440 e. The number of hydrogen-bond donors (Lipinski definition) is 3. The van der Waals surface area contributed by atoms with Gasteiger partial charge in [0.25, 0.3) is 0 Å². The summed E-state index contributed by atoms with van der Waals surface area (Å²) in [7, 11) is 1.85. The smallest absolute Gasteiger partial charge is 0.350 e. The van der Waals surface area contributed by atoms with Crippen LogP contribution >= 0.6 is 45.2 Å². The SMILES string of the molecule is CN/C(=C1\C(=N)CCc2cnc(Nc3ccccc3OC(F)(I)I)nc21)c1ccccc1. The first-order valence-corrected chi connectivity index (χ1v) is 12.0. The first-order chi connectivity index (χ1) is 15.4. The Morgan fingerprint density at radius 1 is 1.09 bits per heavy atom. The molecule has 164 valence electrons. The lowest BCUT2D eigenvalue weighted by molar-refractivity contribution is 0.155. The number of para-hydroxylation sites is 2. The van der Waals surface area contributed by atoms with E-state index in [-0.39, 0.29) is 0 Å². The number of nitrogens with zero attached hydrogens (tertiary/aromatic N) is 2. The fourth-order valence-electron chi connectivity index (χ4n) is 3.59. The lowest BCUT2D eigenvalue weighted by atomic mass is 9.87. The molecule has 0 saturated carbocycles. The minimum absolute atomic E-state index is 0.349. The summed E-state index contributed by atoms with van der Waals surface area (Å²) in [6.07, 6.45) is 3.11. The molecule has 0 aliphatic heterocycles. The fraction of sp³-hybridized carbons (Fsp3) is 0.174. The van der Waals surface area contributed by atoms with Gasteiger partial charge in [0.15, 0.2) is 0 Å². The number of rotatable bonds is 6. The molecule has 0 bridgehead atoms. The van der Waals surface area contributed by atoms with E-state index in [1.165, 1.54) is 0 Å². The van der Waals surface area contributed by atoms with Crippen LogP contribution < -0.4 is 15.4 Å². The average molecular weight is 655 g/mol. The van der Waals surface area contributed by atoms with Crippen LogP contribution in [0.5, 0.6) is 5.75 Å². The van der Waals surface area contributed by atoms with Gasteiger partial charge in [0.05, 0.1) is 17.1 Å². The number of alkyl halides is 3. The van der Waals surface area contributed by atoms with Crippen molar-refractivity contribution in [1.82, 2.24) is 15.3 Å². The standard InChI is InChI=1S/C23H20FI2N5O/c1-28-20(14-7-3-2-4-8-14)19-16(27)12-11-15-13-29-22(31-21(15)19)30-17-9-5-6-10-18(17)32-23(24,25)26/h2-10,13,27-28H,11-12H2,1H3,(H,29,30,31)/b20-19+,27-16?. The van der Waals surface area contributed by atoms with Gasteiger partial charge in [0.2, 0.25) is 5.95 Å². The minimum atomic E-state index is -1.88. The Morgan fingerprint density at radius 2 is 1.81 bits per heavy atom. The van der Waals surface area contributed by atoms with E-state index in [0.717, 1.165) is 22.4 Å². The van der Waals surface area contributed by atoms with Crippen LogP contribution in [0.25, 0.3) is 11.3 Å². The number of nitrogens with one attached hydrogen (secondary N) is 3. The highest BCUT2D eigenvalue weighted by Crippen LogP contribution is 2.37. The van der Waals surface area contributed by atoms with Crippen LogP contribution in [0.1, 0.15) is 23.2 Å². The molecule has 1 aliphatic carbocycles. The number of hydrogen-bond acceptors (Lipinski definition) is 6. The lowest BCUT2D eigenvalue weighted by Gasteiger charge is -2.23. The summed E-state index contributed by atoms with van der Waals surface area (Å²) in [6, 6.07) is 17.0. The molecule has 0 atom stereocenters. The van der Waals surface area contributed by atoms with Gasteiger partial charge in [-0.2, -0.15) is 4.39 Å². The quantitative estimate of drug-likeness (QED) is 0.221. The van der Waals surface area contributed by atoms with E-state index in [9.17, 15) is 4.39 Å². The van der Waals surface area contributed by atoms with E-state index in [0.29, 0.717) is 41.6 Å². The molecule has 0 spiro atoms. The largest absolute Gasteiger partial charge is 0.440 e. The third-order valence-electron chi connectivity index (χ3n) is 4.97. The van der Waals surface area contributed by atoms with Crippen LogP contribution in [0.4, 0.5) is 16.0 Å². The molecule has 0 radical (unpaired) electrons. The monoisotopic (exact) mass is 655 g/mol. The average Bonchev–Trinajstić information content (AvgIpc) is 2.77.